The lowest BCUT2D eigenvalue weighted by atomic mass is 9.95. The second kappa shape index (κ2) is 7.10. The highest BCUT2D eigenvalue weighted by Gasteiger charge is 2.14. The lowest BCUT2D eigenvalue weighted by Gasteiger charge is -2.13. The van der Waals surface area contributed by atoms with E-state index >= 15 is 0 Å². The summed E-state index contributed by atoms with van der Waals surface area (Å²) in [5, 5.41) is 0. The molecule has 0 bridgehead atoms. The van der Waals surface area contributed by atoms with E-state index in [9.17, 15) is 3.89 Å². The molecule has 22 heavy (non-hydrogen) atoms. The molecule has 0 spiro atoms. The van der Waals surface area contributed by atoms with Crippen LogP contribution in [0.4, 0.5) is 3.89 Å². The summed E-state index contributed by atoms with van der Waals surface area (Å²) in [6.45, 7) is 0. The molecular weight excluding hydrogens is 291 g/mol. The molecule has 0 saturated heterocycles. The summed E-state index contributed by atoms with van der Waals surface area (Å²) in [4.78, 5) is 0.637. The maximum Gasteiger partial charge on any atom is 0.0825 e. The lowest BCUT2D eigenvalue weighted by molar-refractivity contribution is 0.948. The molecule has 0 atom stereocenters. The average molecular weight is 306 g/mol. The number of rotatable bonds is 4. The minimum atomic E-state index is 0.300. The summed E-state index contributed by atoms with van der Waals surface area (Å²) < 4.78 is 13.8. The van der Waals surface area contributed by atoms with Crippen LogP contribution in [0, 0.1) is 0 Å². The topological polar surface area (TPSA) is 0 Å². The third-order valence-electron chi connectivity index (χ3n) is 3.47. The monoisotopic (exact) mass is 306 g/mol. The van der Waals surface area contributed by atoms with Gasteiger partial charge < -0.3 is 0 Å². The Kier molecular flexibility index (Phi) is 4.71. The van der Waals surface area contributed by atoms with Crippen molar-refractivity contribution in [2.45, 2.75) is 0 Å². The second-order valence-electron chi connectivity index (χ2n) is 4.88. The van der Waals surface area contributed by atoms with Crippen molar-refractivity contribution in [3.63, 3.8) is 0 Å². The number of halogens is 1. The van der Waals surface area contributed by atoms with Crippen LogP contribution >= 0.6 is 12.1 Å². The standard InChI is InChI=1S/C20H15FS/c21-22-20(18-14-8-3-9-15-18)19(16-10-4-1-5-11-16)17-12-6-2-7-13-17/h1-15H. The Balaban J connectivity index is 2.27. The first-order valence-corrected chi connectivity index (χ1v) is 7.81. The van der Waals surface area contributed by atoms with Crippen molar-refractivity contribution in [1.29, 1.82) is 0 Å². The zero-order valence-electron chi connectivity index (χ0n) is 11.9. The molecule has 0 saturated carbocycles. The van der Waals surface area contributed by atoms with Gasteiger partial charge in [0.1, 0.15) is 0 Å². The minimum Gasteiger partial charge on any atom is -0.160 e. The van der Waals surface area contributed by atoms with Gasteiger partial charge in [-0.25, -0.2) is 0 Å². The first-order valence-electron chi connectivity index (χ1n) is 7.09. The Morgan fingerprint density at radius 1 is 0.545 bits per heavy atom. The average Bonchev–Trinajstić information content (AvgIpc) is 2.62. The van der Waals surface area contributed by atoms with Crippen LogP contribution in [0.2, 0.25) is 0 Å². The van der Waals surface area contributed by atoms with Crippen molar-refractivity contribution in [2.24, 2.45) is 0 Å². The van der Waals surface area contributed by atoms with Crippen LogP contribution in [0.3, 0.4) is 0 Å². The predicted molar refractivity (Wildman–Crippen MR) is 93.9 cm³/mol. The Morgan fingerprint density at radius 2 is 0.909 bits per heavy atom. The molecule has 0 unspecified atom stereocenters. The van der Waals surface area contributed by atoms with E-state index in [0.717, 1.165) is 22.3 Å². The van der Waals surface area contributed by atoms with Crippen molar-refractivity contribution in [3.05, 3.63) is 108 Å². The summed E-state index contributed by atoms with van der Waals surface area (Å²) in [5.74, 6) is 0. The molecule has 0 aliphatic rings. The van der Waals surface area contributed by atoms with Crippen molar-refractivity contribution in [1.82, 2.24) is 0 Å². The van der Waals surface area contributed by atoms with Crippen LogP contribution < -0.4 is 0 Å². The molecular formula is C20H15FS. The number of benzene rings is 3. The molecule has 2 heteroatoms. The fourth-order valence-corrected chi connectivity index (χ4v) is 2.99. The SMILES string of the molecule is FSC(=C(c1ccccc1)c1ccccc1)c1ccccc1. The van der Waals surface area contributed by atoms with Crippen molar-refractivity contribution < 1.29 is 3.89 Å². The zero-order valence-corrected chi connectivity index (χ0v) is 12.8. The first-order chi connectivity index (χ1) is 10.9. The Hall–Kier alpha value is -2.32. The quantitative estimate of drug-likeness (QED) is 0.515. The summed E-state index contributed by atoms with van der Waals surface area (Å²) >= 11 is 0.300. The summed E-state index contributed by atoms with van der Waals surface area (Å²) in [6.07, 6.45) is 0. The lowest BCUT2D eigenvalue weighted by Crippen LogP contribution is -1.92. The Bertz CT molecular complexity index is 708. The molecule has 3 aromatic rings. The zero-order chi connectivity index (χ0) is 15.2. The van der Waals surface area contributed by atoms with Crippen molar-refractivity contribution in [2.75, 3.05) is 0 Å². The molecule has 0 amide bonds. The second-order valence-corrected chi connectivity index (χ2v) is 5.44. The smallest absolute Gasteiger partial charge is 0.0825 e. The highest BCUT2D eigenvalue weighted by molar-refractivity contribution is 8.04. The van der Waals surface area contributed by atoms with Crippen LogP contribution in [-0.2, 0) is 0 Å². The molecule has 0 nitrogen and oxygen atoms in total. The maximum absolute atomic E-state index is 13.8. The normalized spacial score (nSPS) is 10.2. The van der Waals surface area contributed by atoms with E-state index in [-0.39, 0.29) is 0 Å². The first kappa shape index (κ1) is 14.6. The van der Waals surface area contributed by atoms with Gasteiger partial charge in [0.05, 0.1) is 17.1 Å². The minimum absolute atomic E-state index is 0.300. The van der Waals surface area contributed by atoms with Gasteiger partial charge in [0, 0.05) is 5.57 Å². The molecule has 3 aromatic carbocycles. The number of hydrogen-bond acceptors (Lipinski definition) is 1. The summed E-state index contributed by atoms with van der Waals surface area (Å²) in [7, 11) is 0. The van der Waals surface area contributed by atoms with Gasteiger partial charge in [-0.15, -0.1) is 0 Å². The molecule has 0 N–H and O–H groups in total. The van der Waals surface area contributed by atoms with Gasteiger partial charge in [-0.05, 0) is 16.7 Å². The van der Waals surface area contributed by atoms with Crippen LogP contribution in [0.1, 0.15) is 16.7 Å². The van der Waals surface area contributed by atoms with Gasteiger partial charge in [0.2, 0.25) is 0 Å². The van der Waals surface area contributed by atoms with Gasteiger partial charge in [-0.3, -0.25) is 0 Å². The fourth-order valence-electron chi connectivity index (χ4n) is 2.46. The van der Waals surface area contributed by atoms with E-state index in [2.05, 4.69) is 0 Å². The molecule has 0 heterocycles. The van der Waals surface area contributed by atoms with E-state index in [1.54, 1.807) is 0 Å². The molecule has 0 fully saturated rings. The highest BCUT2D eigenvalue weighted by Crippen LogP contribution is 2.39. The van der Waals surface area contributed by atoms with Crippen molar-refractivity contribution in [3.8, 4) is 0 Å². The third-order valence-corrected chi connectivity index (χ3v) is 4.06. The molecule has 108 valence electrons. The van der Waals surface area contributed by atoms with Gasteiger partial charge in [0.15, 0.2) is 0 Å². The van der Waals surface area contributed by atoms with Crippen LogP contribution in [-0.4, -0.2) is 0 Å². The van der Waals surface area contributed by atoms with Gasteiger partial charge >= 0.3 is 0 Å². The molecule has 3 rings (SSSR count). The van der Waals surface area contributed by atoms with E-state index in [4.69, 9.17) is 0 Å². The number of hydrogen-bond donors (Lipinski definition) is 0. The van der Waals surface area contributed by atoms with Crippen LogP contribution in [0.5, 0.6) is 0 Å². The van der Waals surface area contributed by atoms with Crippen molar-refractivity contribution >= 4 is 22.6 Å². The van der Waals surface area contributed by atoms with E-state index in [0.29, 0.717) is 17.1 Å². The molecule has 0 aromatic heterocycles. The maximum atomic E-state index is 13.8. The summed E-state index contributed by atoms with van der Waals surface area (Å²) in [6, 6.07) is 29.6. The fraction of sp³-hybridized carbons (Fsp3) is 0. The van der Waals surface area contributed by atoms with Crippen LogP contribution in [0.25, 0.3) is 10.5 Å². The van der Waals surface area contributed by atoms with E-state index < -0.39 is 0 Å². The molecule has 0 aliphatic carbocycles. The van der Waals surface area contributed by atoms with Gasteiger partial charge in [-0.1, -0.05) is 91.0 Å². The van der Waals surface area contributed by atoms with Gasteiger partial charge in [-0.2, -0.15) is 3.89 Å². The predicted octanol–water partition coefficient (Wildman–Crippen LogP) is 6.22. The molecule has 0 radical (unpaired) electrons. The van der Waals surface area contributed by atoms with E-state index in [1.807, 2.05) is 91.0 Å². The highest BCUT2D eigenvalue weighted by atomic mass is 32.2. The third kappa shape index (κ3) is 3.12. The van der Waals surface area contributed by atoms with Gasteiger partial charge in [0.25, 0.3) is 0 Å². The molecule has 0 aliphatic heterocycles. The van der Waals surface area contributed by atoms with Crippen LogP contribution in [0.15, 0.2) is 91.0 Å². The Labute approximate surface area is 134 Å². The summed E-state index contributed by atoms with van der Waals surface area (Å²) in [5.41, 5.74) is 3.83. The largest absolute Gasteiger partial charge is 0.160 e. The van der Waals surface area contributed by atoms with E-state index in [1.165, 1.54) is 0 Å². The Morgan fingerprint density at radius 3 is 1.27 bits per heavy atom.